The van der Waals surface area contributed by atoms with Crippen molar-refractivity contribution < 1.29 is 15.0 Å². The third kappa shape index (κ3) is 1.74. The largest absolute Gasteiger partial charge is 0.505 e. The van der Waals surface area contributed by atoms with E-state index >= 15 is 0 Å². The number of benzene rings is 2. The minimum Gasteiger partial charge on any atom is -0.505 e. The molecule has 4 nitrogen and oxygen atoms in total. The lowest BCUT2D eigenvalue weighted by molar-refractivity contribution is 0.0694. The lowest BCUT2D eigenvalue weighted by Crippen LogP contribution is -1.98. The molecule has 0 bridgehead atoms. The number of fused-ring (bicyclic) bond motifs is 1. The van der Waals surface area contributed by atoms with Crippen molar-refractivity contribution in [3.63, 3.8) is 0 Å². The number of aromatic nitrogens is 1. The van der Waals surface area contributed by atoms with Crippen LogP contribution < -0.4 is 0 Å². The Bertz CT molecular complexity index is 760. The SMILES string of the molecule is O=C(O)c1cc(-c2ccccc2)c2cc[nH]c2c1O. The van der Waals surface area contributed by atoms with Crippen LogP contribution in [0.5, 0.6) is 5.75 Å². The van der Waals surface area contributed by atoms with Gasteiger partial charge in [-0.05, 0) is 23.3 Å². The number of carboxylic acids is 1. The first-order valence-corrected chi connectivity index (χ1v) is 5.80. The van der Waals surface area contributed by atoms with Crippen LogP contribution in [0.1, 0.15) is 10.4 Å². The van der Waals surface area contributed by atoms with Gasteiger partial charge in [0.25, 0.3) is 0 Å². The standard InChI is InChI=1S/C15H11NO3/c17-14-12(15(18)19)8-11(9-4-2-1-3-5-9)10-6-7-16-13(10)14/h1-8,16-17H,(H,18,19). The topological polar surface area (TPSA) is 73.3 Å². The number of aromatic carboxylic acids is 1. The van der Waals surface area contributed by atoms with Crippen LogP contribution in [0.3, 0.4) is 0 Å². The highest BCUT2D eigenvalue weighted by Gasteiger charge is 2.17. The number of aromatic hydroxyl groups is 1. The molecule has 0 saturated heterocycles. The monoisotopic (exact) mass is 253 g/mol. The predicted molar refractivity (Wildman–Crippen MR) is 72.4 cm³/mol. The molecule has 19 heavy (non-hydrogen) atoms. The summed E-state index contributed by atoms with van der Waals surface area (Å²) in [6.45, 7) is 0. The molecule has 0 aliphatic carbocycles. The van der Waals surface area contributed by atoms with Gasteiger partial charge >= 0.3 is 5.97 Å². The maximum Gasteiger partial charge on any atom is 0.339 e. The smallest absolute Gasteiger partial charge is 0.339 e. The molecule has 3 aromatic rings. The molecule has 3 N–H and O–H groups in total. The molecule has 0 spiro atoms. The molecule has 0 saturated carbocycles. The number of carbonyl (C=O) groups is 1. The fraction of sp³-hybridized carbons (Fsp3) is 0. The van der Waals surface area contributed by atoms with Crippen molar-refractivity contribution in [1.29, 1.82) is 0 Å². The van der Waals surface area contributed by atoms with Crippen molar-refractivity contribution in [3.05, 3.63) is 54.2 Å². The zero-order chi connectivity index (χ0) is 13.4. The van der Waals surface area contributed by atoms with Gasteiger partial charge in [-0.25, -0.2) is 4.79 Å². The van der Waals surface area contributed by atoms with E-state index in [1.165, 1.54) is 6.07 Å². The molecule has 0 aliphatic heterocycles. The summed E-state index contributed by atoms with van der Waals surface area (Å²) >= 11 is 0. The molecule has 1 heterocycles. The van der Waals surface area contributed by atoms with Gasteiger partial charge in [0, 0.05) is 11.6 Å². The molecule has 0 amide bonds. The summed E-state index contributed by atoms with van der Waals surface area (Å²) in [5.74, 6) is -1.38. The van der Waals surface area contributed by atoms with Gasteiger partial charge in [0.1, 0.15) is 5.56 Å². The van der Waals surface area contributed by atoms with E-state index in [0.717, 1.165) is 16.5 Å². The van der Waals surface area contributed by atoms with Gasteiger partial charge in [-0.15, -0.1) is 0 Å². The minimum absolute atomic E-state index is 0.103. The zero-order valence-corrected chi connectivity index (χ0v) is 9.92. The number of rotatable bonds is 2. The Labute approximate surface area is 108 Å². The van der Waals surface area contributed by atoms with Crippen molar-refractivity contribution in [2.24, 2.45) is 0 Å². The van der Waals surface area contributed by atoms with Gasteiger partial charge in [0.2, 0.25) is 0 Å². The van der Waals surface area contributed by atoms with E-state index in [-0.39, 0.29) is 11.3 Å². The minimum atomic E-state index is -1.15. The van der Waals surface area contributed by atoms with Crippen LogP contribution in [0.15, 0.2) is 48.7 Å². The number of nitrogens with one attached hydrogen (secondary N) is 1. The van der Waals surface area contributed by atoms with E-state index in [1.54, 1.807) is 6.20 Å². The van der Waals surface area contributed by atoms with Crippen LogP contribution in [-0.2, 0) is 0 Å². The maximum absolute atomic E-state index is 11.2. The molecular weight excluding hydrogens is 242 g/mol. The third-order valence-corrected chi connectivity index (χ3v) is 3.13. The second-order valence-corrected chi connectivity index (χ2v) is 4.26. The molecule has 0 radical (unpaired) electrons. The number of phenols is 1. The Morgan fingerprint density at radius 3 is 2.53 bits per heavy atom. The number of hydrogen-bond acceptors (Lipinski definition) is 2. The molecule has 1 aromatic heterocycles. The summed E-state index contributed by atoms with van der Waals surface area (Å²) in [5.41, 5.74) is 2.04. The number of H-pyrrole nitrogens is 1. The first kappa shape index (κ1) is 11.3. The fourth-order valence-corrected chi connectivity index (χ4v) is 2.23. The van der Waals surface area contributed by atoms with E-state index in [4.69, 9.17) is 5.11 Å². The van der Waals surface area contributed by atoms with E-state index in [9.17, 15) is 9.90 Å². The van der Waals surface area contributed by atoms with Gasteiger partial charge < -0.3 is 15.2 Å². The first-order valence-electron chi connectivity index (χ1n) is 5.80. The summed E-state index contributed by atoms with van der Waals surface area (Å²) in [6.07, 6.45) is 1.68. The Morgan fingerprint density at radius 2 is 1.84 bits per heavy atom. The van der Waals surface area contributed by atoms with Gasteiger partial charge in [-0.3, -0.25) is 0 Å². The highest BCUT2D eigenvalue weighted by atomic mass is 16.4. The molecule has 94 valence electrons. The van der Waals surface area contributed by atoms with Crippen LogP contribution in [0.25, 0.3) is 22.0 Å². The van der Waals surface area contributed by atoms with E-state index < -0.39 is 5.97 Å². The zero-order valence-electron chi connectivity index (χ0n) is 9.92. The number of aromatic amines is 1. The van der Waals surface area contributed by atoms with E-state index in [0.29, 0.717) is 5.52 Å². The Balaban J connectivity index is 2.39. The van der Waals surface area contributed by atoms with Gasteiger partial charge in [-0.2, -0.15) is 0 Å². The molecule has 0 unspecified atom stereocenters. The van der Waals surface area contributed by atoms with Gasteiger partial charge in [0.15, 0.2) is 5.75 Å². The Hall–Kier alpha value is -2.75. The van der Waals surface area contributed by atoms with E-state index in [1.807, 2.05) is 36.4 Å². The molecule has 3 rings (SSSR count). The highest BCUT2D eigenvalue weighted by Crippen LogP contribution is 2.36. The molecule has 0 aliphatic rings. The molecular formula is C15H11NO3. The van der Waals surface area contributed by atoms with Gasteiger partial charge in [-0.1, -0.05) is 30.3 Å². The second kappa shape index (κ2) is 4.17. The Morgan fingerprint density at radius 1 is 1.11 bits per heavy atom. The van der Waals surface area contributed by atoms with E-state index in [2.05, 4.69) is 4.98 Å². The third-order valence-electron chi connectivity index (χ3n) is 3.13. The average molecular weight is 253 g/mol. The number of carboxylic acid groups (broad SMARTS) is 1. The summed E-state index contributed by atoms with van der Waals surface area (Å²) < 4.78 is 0. The quantitative estimate of drug-likeness (QED) is 0.656. The molecule has 0 fully saturated rings. The van der Waals surface area contributed by atoms with Crippen LogP contribution in [0.4, 0.5) is 0 Å². The van der Waals surface area contributed by atoms with Crippen LogP contribution >= 0.6 is 0 Å². The van der Waals surface area contributed by atoms with Crippen LogP contribution in [-0.4, -0.2) is 21.2 Å². The van der Waals surface area contributed by atoms with Crippen molar-refractivity contribution in [2.75, 3.05) is 0 Å². The van der Waals surface area contributed by atoms with Crippen LogP contribution in [0.2, 0.25) is 0 Å². The Kier molecular flexibility index (Phi) is 2.49. The summed E-state index contributed by atoms with van der Waals surface area (Å²) in [7, 11) is 0. The first-order chi connectivity index (χ1) is 9.18. The van der Waals surface area contributed by atoms with Crippen molar-refractivity contribution in [3.8, 4) is 16.9 Å². The molecule has 4 heteroatoms. The van der Waals surface area contributed by atoms with Gasteiger partial charge in [0.05, 0.1) is 5.52 Å². The lowest BCUT2D eigenvalue weighted by Gasteiger charge is -2.08. The maximum atomic E-state index is 11.2. The lowest BCUT2D eigenvalue weighted by atomic mass is 9.98. The average Bonchev–Trinajstić information content (AvgIpc) is 2.89. The normalized spacial score (nSPS) is 10.7. The highest BCUT2D eigenvalue weighted by molar-refractivity contribution is 6.06. The van der Waals surface area contributed by atoms with Crippen molar-refractivity contribution in [2.45, 2.75) is 0 Å². The molecule has 0 atom stereocenters. The predicted octanol–water partition coefficient (Wildman–Crippen LogP) is 3.24. The summed E-state index contributed by atoms with van der Waals surface area (Å²) in [5, 5.41) is 19.9. The molecule has 2 aromatic carbocycles. The fourth-order valence-electron chi connectivity index (χ4n) is 2.23. The van der Waals surface area contributed by atoms with Crippen molar-refractivity contribution >= 4 is 16.9 Å². The summed E-state index contributed by atoms with van der Waals surface area (Å²) in [6, 6.07) is 12.8. The van der Waals surface area contributed by atoms with Crippen LogP contribution in [0, 0.1) is 0 Å². The van der Waals surface area contributed by atoms with Crippen molar-refractivity contribution in [1.82, 2.24) is 4.98 Å². The summed E-state index contributed by atoms with van der Waals surface area (Å²) in [4.78, 5) is 14.1. The second-order valence-electron chi connectivity index (χ2n) is 4.26. The number of hydrogen-bond donors (Lipinski definition) is 3.